The predicted octanol–water partition coefficient (Wildman–Crippen LogP) is -0.299. The number of anilines is 2. The number of amides is 6. The molecule has 0 radical (unpaired) electrons. The van der Waals surface area contributed by atoms with Crippen LogP contribution in [0.2, 0.25) is 0 Å². The number of benzene rings is 2. The number of hydrazine groups is 4. The molecule has 2 rings (SSSR count). The standard InChI is InChI=1S/C16H18N8O4/c25-13(19-23-15(27)21-17-11-7-3-1-4-8-11)14(26)20-24-16(28)22-18-12-9-5-2-6-10-12/h1-10,17-18H,(H,19,25)(H,20,26)(H2,21,23,27)(H2,22,24,28). The van der Waals surface area contributed by atoms with Gasteiger partial charge in [-0.1, -0.05) is 36.4 Å². The van der Waals surface area contributed by atoms with Crippen molar-refractivity contribution in [2.75, 3.05) is 10.9 Å². The van der Waals surface area contributed by atoms with Crippen LogP contribution in [0.3, 0.4) is 0 Å². The molecule has 0 aliphatic carbocycles. The summed E-state index contributed by atoms with van der Waals surface area (Å²) in [6.07, 6.45) is 0. The van der Waals surface area contributed by atoms with Crippen LogP contribution in [0.1, 0.15) is 0 Å². The Bertz CT molecular complexity index is 746. The van der Waals surface area contributed by atoms with Gasteiger partial charge in [-0.3, -0.25) is 42.1 Å². The first-order chi connectivity index (χ1) is 13.5. The summed E-state index contributed by atoms with van der Waals surface area (Å²) in [5.41, 5.74) is 18.5. The monoisotopic (exact) mass is 386 g/mol. The number of carbonyl (C=O) groups excluding carboxylic acids is 4. The highest BCUT2D eigenvalue weighted by Crippen LogP contribution is 2.02. The van der Waals surface area contributed by atoms with E-state index in [0.29, 0.717) is 11.4 Å². The highest BCUT2D eigenvalue weighted by molar-refractivity contribution is 6.35. The summed E-state index contributed by atoms with van der Waals surface area (Å²) in [7, 11) is 0. The van der Waals surface area contributed by atoms with E-state index in [1.165, 1.54) is 0 Å². The van der Waals surface area contributed by atoms with Crippen LogP contribution >= 0.6 is 0 Å². The van der Waals surface area contributed by atoms with Crippen LogP contribution in [-0.4, -0.2) is 23.9 Å². The minimum atomic E-state index is -1.20. The molecule has 28 heavy (non-hydrogen) atoms. The van der Waals surface area contributed by atoms with Crippen LogP contribution < -0.4 is 43.4 Å². The number of rotatable bonds is 4. The first-order valence-corrected chi connectivity index (χ1v) is 7.89. The number of nitrogens with one attached hydrogen (secondary N) is 8. The average Bonchev–Trinajstić information content (AvgIpc) is 2.74. The van der Waals surface area contributed by atoms with Crippen LogP contribution in [0.4, 0.5) is 21.0 Å². The quantitative estimate of drug-likeness (QED) is 0.265. The van der Waals surface area contributed by atoms with Gasteiger partial charge in [-0.25, -0.2) is 20.4 Å². The van der Waals surface area contributed by atoms with E-state index in [0.717, 1.165) is 0 Å². The lowest BCUT2D eigenvalue weighted by Gasteiger charge is -2.12. The zero-order valence-corrected chi connectivity index (χ0v) is 14.4. The van der Waals surface area contributed by atoms with Gasteiger partial charge in [0, 0.05) is 0 Å². The normalized spacial score (nSPS) is 9.29. The second-order valence-corrected chi connectivity index (χ2v) is 5.05. The van der Waals surface area contributed by atoms with E-state index in [-0.39, 0.29) is 0 Å². The van der Waals surface area contributed by atoms with Gasteiger partial charge >= 0.3 is 23.9 Å². The van der Waals surface area contributed by atoms with Gasteiger partial charge in [-0.2, -0.15) is 0 Å². The molecule has 0 aliphatic rings. The highest BCUT2D eigenvalue weighted by atomic mass is 16.2. The van der Waals surface area contributed by atoms with Crippen molar-refractivity contribution >= 4 is 35.3 Å². The second-order valence-electron chi connectivity index (χ2n) is 5.05. The van der Waals surface area contributed by atoms with Crippen LogP contribution in [0, 0.1) is 0 Å². The van der Waals surface area contributed by atoms with Gasteiger partial charge in [0.25, 0.3) is 0 Å². The maximum atomic E-state index is 11.5. The Kier molecular flexibility index (Phi) is 7.44. The Balaban J connectivity index is 1.60. The van der Waals surface area contributed by atoms with Gasteiger partial charge < -0.3 is 0 Å². The summed E-state index contributed by atoms with van der Waals surface area (Å²) >= 11 is 0. The summed E-state index contributed by atoms with van der Waals surface area (Å²) < 4.78 is 0. The van der Waals surface area contributed by atoms with Gasteiger partial charge in [-0.15, -0.1) is 0 Å². The van der Waals surface area contributed by atoms with Crippen molar-refractivity contribution in [3.8, 4) is 0 Å². The first kappa shape index (κ1) is 19.8. The molecule has 2 aromatic carbocycles. The topological polar surface area (TPSA) is 165 Å². The lowest BCUT2D eigenvalue weighted by molar-refractivity contribution is -0.140. The van der Waals surface area contributed by atoms with Crippen LogP contribution in [0.15, 0.2) is 60.7 Å². The highest BCUT2D eigenvalue weighted by Gasteiger charge is 2.14. The Hall–Kier alpha value is -4.48. The summed E-state index contributed by atoms with van der Waals surface area (Å²) in [5.74, 6) is -2.41. The third kappa shape index (κ3) is 7.18. The van der Waals surface area contributed by atoms with E-state index >= 15 is 0 Å². The van der Waals surface area contributed by atoms with E-state index in [1.807, 2.05) is 21.7 Å². The van der Waals surface area contributed by atoms with Crippen LogP contribution in [0.5, 0.6) is 0 Å². The molecule has 0 spiro atoms. The predicted molar refractivity (Wildman–Crippen MR) is 99.7 cm³/mol. The largest absolute Gasteiger partial charge is 0.352 e. The molecule has 0 atom stereocenters. The zero-order chi connectivity index (χ0) is 20.2. The molecule has 146 valence electrons. The van der Waals surface area contributed by atoms with E-state index in [9.17, 15) is 19.2 Å². The van der Waals surface area contributed by atoms with Crippen molar-refractivity contribution in [1.29, 1.82) is 0 Å². The Labute approximate surface area is 159 Å². The molecule has 0 saturated heterocycles. The van der Waals surface area contributed by atoms with E-state index < -0.39 is 23.9 Å². The number of carbonyl (C=O) groups is 4. The summed E-state index contributed by atoms with van der Waals surface area (Å²) in [4.78, 5) is 46.1. The van der Waals surface area contributed by atoms with Crippen molar-refractivity contribution in [2.24, 2.45) is 0 Å². The lowest BCUT2D eigenvalue weighted by atomic mass is 10.3. The first-order valence-electron chi connectivity index (χ1n) is 7.89. The molecule has 0 fully saturated rings. The smallest absolute Gasteiger partial charge is 0.297 e. The third-order valence-electron chi connectivity index (χ3n) is 2.97. The van der Waals surface area contributed by atoms with Crippen molar-refractivity contribution in [1.82, 2.24) is 32.6 Å². The fourth-order valence-electron chi connectivity index (χ4n) is 1.70. The molecular weight excluding hydrogens is 368 g/mol. The number of para-hydroxylation sites is 2. The Morgan fingerprint density at radius 3 is 1.18 bits per heavy atom. The van der Waals surface area contributed by atoms with Gasteiger partial charge in [0.2, 0.25) is 0 Å². The Morgan fingerprint density at radius 2 is 0.821 bits per heavy atom. The molecule has 2 aromatic rings. The number of urea groups is 2. The van der Waals surface area contributed by atoms with Crippen molar-refractivity contribution in [3.05, 3.63) is 60.7 Å². The molecular formula is C16H18N8O4. The molecule has 12 heteroatoms. The lowest BCUT2D eigenvalue weighted by Crippen LogP contribution is -2.56. The minimum Gasteiger partial charge on any atom is -0.297 e. The maximum absolute atomic E-state index is 11.5. The summed E-state index contributed by atoms with van der Waals surface area (Å²) in [5, 5.41) is 0. The summed E-state index contributed by atoms with van der Waals surface area (Å²) in [6.45, 7) is 0. The van der Waals surface area contributed by atoms with Gasteiger partial charge in [0.05, 0.1) is 11.4 Å². The molecule has 0 unspecified atom stereocenters. The van der Waals surface area contributed by atoms with E-state index in [1.54, 1.807) is 60.7 Å². The molecule has 0 heterocycles. The average molecular weight is 386 g/mol. The molecule has 6 amide bonds. The zero-order valence-electron chi connectivity index (χ0n) is 14.4. The molecule has 12 nitrogen and oxygen atoms in total. The number of hydrogen-bond donors (Lipinski definition) is 8. The molecule has 8 N–H and O–H groups in total. The number of hydrogen-bond acceptors (Lipinski definition) is 6. The SMILES string of the molecule is O=C(NNC(=O)C(=O)NNC(=O)NNc1ccccc1)NNc1ccccc1. The molecule has 0 aromatic heterocycles. The van der Waals surface area contributed by atoms with Gasteiger partial charge in [0.15, 0.2) is 0 Å². The molecule has 0 aliphatic heterocycles. The van der Waals surface area contributed by atoms with Crippen LogP contribution in [-0.2, 0) is 9.59 Å². The summed E-state index contributed by atoms with van der Waals surface area (Å²) in [6, 6.07) is 15.8. The van der Waals surface area contributed by atoms with Gasteiger partial charge in [-0.05, 0) is 24.3 Å². The molecule has 0 saturated carbocycles. The van der Waals surface area contributed by atoms with E-state index in [4.69, 9.17) is 0 Å². The maximum Gasteiger partial charge on any atom is 0.352 e. The molecule has 0 bridgehead atoms. The minimum absolute atomic E-state index is 0.612. The fourth-order valence-corrected chi connectivity index (χ4v) is 1.70. The van der Waals surface area contributed by atoms with Crippen molar-refractivity contribution in [2.45, 2.75) is 0 Å². The van der Waals surface area contributed by atoms with Crippen LogP contribution in [0.25, 0.3) is 0 Å². The van der Waals surface area contributed by atoms with Gasteiger partial charge in [0.1, 0.15) is 0 Å². The van der Waals surface area contributed by atoms with E-state index in [2.05, 4.69) is 21.7 Å². The van der Waals surface area contributed by atoms with Crippen molar-refractivity contribution < 1.29 is 19.2 Å². The second kappa shape index (κ2) is 10.5. The fraction of sp³-hybridized carbons (Fsp3) is 0. The third-order valence-corrected chi connectivity index (χ3v) is 2.97. The van der Waals surface area contributed by atoms with Crippen molar-refractivity contribution in [3.63, 3.8) is 0 Å². The Morgan fingerprint density at radius 1 is 0.464 bits per heavy atom.